The fourth-order valence-corrected chi connectivity index (χ4v) is 1.91. The second-order valence-electron chi connectivity index (χ2n) is 4.10. The molecule has 2 nitrogen and oxygen atoms in total. The normalized spacial score (nSPS) is 9.89. The molecule has 0 aromatic heterocycles. The van der Waals surface area contributed by atoms with Crippen molar-refractivity contribution in [2.75, 3.05) is 0 Å². The zero-order valence-corrected chi connectivity index (χ0v) is 11.0. The number of halogens is 1. The average molecular weight is 258 g/mol. The number of ether oxygens (including phenoxy) is 1. The molecule has 18 heavy (non-hydrogen) atoms. The van der Waals surface area contributed by atoms with E-state index >= 15 is 0 Å². The van der Waals surface area contributed by atoms with E-state index in [4.69, 9.17) is 21.6 Å². The molecule has 0 atom stereocenters. The molecule has 0 amide bonds. The van der Waals surface area contributed by atoms with Gasteiger partial charge in [0.05, 0.1) is 11.6 Å². The molecule has 0 N–H and O–H groups in total. The second kappa shape index (κ2) is 5.12. The number of aryl methyl sites for hydroxylation is 2. The summed E-state index contributed by atoms with van der Waals surface area (Å²) < 4.78 is 5.78. The molecule has 0 saturated carbocycles. The predicted molar refractivity (Wildman–Crippen MR) is 72.2 cm³/mol. The Balaban J connectivity index is 2.29. The lowest BCUT2D eigenvalue weighted by molar-refractivity contribution is 0.478. The third-order valence-electron chi connectivity index (χ3n) is 2.68. The van der Waals surface area contributed by atoms with Crippen molar-refractivity contribution in [1.29, 1.82) is 5.26 Å². The van der Waals surface area contributed by atoms with Gasteiger partial charge in [-0.2, -0.15) is 5.26 Å². The van der Waals surface area contributed by atoms with Gasteiger partial charge in [0.25, 0.3) is 0 Å². The van der Waals surface area contributed by atoms with Crippen LogP contribution in [-0.2, 0) is 0 Å². The van der Waals surface area contributed by atoms with E-state index in [2.05, 4.69) is 6.07 Å². The van der Waals surface area contributed by atoms with Crippen LogP contribution < -0.4 is 4.74 Å². The van der Waals surface area contributed by atoms with Gasteiger partial charge in [-0.25, -0.2) is 0 Å². The lowest BCUT2D eigenvalue weighted by atomic mass is 10.1. The van der Waals surface area contributed by atoms with Crippen LogP contribution in [0.15, 0.2) is 36.4 Å². The van der Waals surface area contributed by atoms with Gasteiger partial charge >= 0.3 is 0 Å². The van der Waals surface area contributed by atoms with E-state index in [0.29, 0.717) is 10.6 Å². The fourth-order valence-electron chi connectivity index (χ4n) is 1.68. The van der Waals surface area contributed by atoms with Crippen molar-refractivity contribution in [2.24, 2.45) is 0 Å². The zero-order valence-electron chi connectivity index (χ0n) is 10.2. The van der Waals surface area contributed by atoms with E-state index in [1.54, 1.807) is 18.2 Å². The molecule has 90 valence electrons. The van der Waals surface area contributed by atoms with E-state index < -0.39 is 0 Å². The largest absolute Gasteiger partial charge is 0.457 e. The topological polar surface area (TPSA) is 33.0 Å². The molecule has 0 bridgehead atoms. The van der Waals surface area contributed by atoms with Gasteiger partial charge in [0.2, 0.25) is 0 Å². The minimum atomic E-state index is 0.662. The molecule has 0 heterocycles. The van der Waals surface area contributed by atoms with Gasteiger partial charge < -0.3 is 4.74 Å². The zero-order chi connectivity index (χ0) is 13.1. The Morgan fingerprint density at radius 2 is 1.83 bits per heavy atom. The van der Waals surface area contributed by atoms with Crippen LogP contribution in [0.25, 0.3) is 0 Å². The lowest BCUT2D eigenvalue weighted by Gasteiger charge is -2.09. The average Bonchev–Trinajstić information content (AvgIpc) is 2.33. The monoisotopic (exact) mass is 257 g/mol. The molecule has 0 radical (unpaired) electrons. The standard InChI is InChI=1S/C15H12ClNO/c1-10-8-14(5-3-12(10)9-17)18-15-6-4-13(16)7-11(15)2/h3-8H,1-2H3. The Morgan fingerprint density at radius 1 is 1.06 bits per heavy atom. The summed E-state index contributed by atoms with van der Waals surface area (Å²) in [4.78, 5) is 0. The molecule has 0 fully saturated rings. The minimum Gasteiger partial charge on any atom is -0.457 e. The highest BCUT2D eigenvalue weighted by molar-refractivity contribution is 6.30. The summed E-state index contributed by atoms with van der Waals surface area (Å²) >= 11 is 5.89. The van der Waals surface area contributed by atoms with Crippen LogP contribution in [0.1, 0.15) is 16.7 Å². The van der Waals surface area contributed by atoms with Crippen molar-refractivity contribution in [3.63, 3.8) is 0 Å². The van der Waals surface area contributed by atoms with Crippen LogP contribution in [0, 0.1) is 25.2 Å². The van der Waals surface area contributed by atoms with Gasteiger partial charge in [0.1, 0.15) is 11.5 Å². The number of nitrogens with zero attached hydrogens (tertiary/aromatic N) is 1. The summed E-state index contributed by atoms with van der Waals surface area (Å²) in [5, 5.41) is 9.56. The Kier molecular flexibility index (Phi) is 3.55. The van der Waals surface area contributed by atoms with Gasteiger partial charge in [-0.1, -0.05) is 11.6 Å². The van der Waals surface area contributed by atoms with Crippen molar-refractivity contribution in [1.82, 2.24) is 0 Å². The van der Waals surface area contributed by atoms with Crippen molar-refractivity contribution in [2.45, 2.75) is 13.8 Å². The van der Waals surface area contributed by atoms with Crippen molar-refractivity contribution < 1.29 is 4.74 Å². The summed E-state index contributed by atoms with van der Waals surface area (Å²) in [7, 11) is 0. The molecule has 0 aliphatic heterocycles. The lowest BCUT2D eigenvalue weighted by Crippen LogP contribution is -1.89. The number of rotatable bonds is 2. The molecule has 2 rings (SSSR count). The summed E-state index contributed by atoms with van der Waals surface area (Å²) in [6.45, 7) is 3.83. The highest BCUT2D eigenvalue weighted by atomic mass is 35.5. The summed E-state index contributed by atoms with van der Waals surface area (Å²) in [6, 6.07) is 13.0. The van der Waals surface area contributed by atoms with Crippen LogP contribution in [0.4, 0.5) is 0 Å². The van der Waals surface area contributed by atoms with Crippen molar-refractivity contribution in [3.05, 3.63) is 58.1 Å². The second-order valence-corrected chi connectivity index (χ2v) is 4.54. The number of hydrogen-bond donors (Lipinski definition) is 0. The first-order valence-corrected chi connectivity index (χ1v) is 5.92. The number of hydrogen-bond acceptors (Lipinski definition) is 2. The predicted octanol–water partition coefficient (Wildman–Crippen LogP) is 4.62. The van der Waals surface area contributed by atoms with Gasteiger partial charge in [-0.15, -0.1) is 0 Å². The molecule has 0 unspecified atom stereocenters. The highest BCUT2D eigenvalue weighted by Crippen LogP contribution is 2.28. The molecule has 0 spiro atoms. The summed E-state index contributed by atoms with van der Waals surface area (Å²) in [5.74, 6) is 1.49. The van der Waals surface area contributed by atoms with E-state index in [0.717, 1.165) is 22.6 Å². The van der Waals surface area contributed by atoms with Gasteiger partial charge in [0.15, 0.2) is 0 Å². The number of benzene rings is 2. The van der Waals surface area contributed by atoms with E-state index in [-0.39, 0.29) is 0 Å². The Labute approximate surface area is 111 Å². The van der Waals surface area contributed by atoms with Gasteiger partial charge in [0, 0.05) is 5.02 Å². The third kappa shape index (κ3) is 2.64. The third-order valence-corrected chi connectivity index (χ3v) is 2.92. The Bertz CT molecular complexity index is 629. The van der Waals surface area contributed by atoms with Crippen LogP contribution in [0.2, 0.25) is 5.02 Å². The molecule has 2 aromatic rings. The van der Waals surface area contributed by atoms with Crippen LogP contribution >= 0.6 is 11.6 Å². The molecule has 0 aliphatic rings. The van der Waals surface area contributed by atoms with Crippen LogP contribution in [0.5, 0.6) is 11.5 Å². The smallest absolute Gasteiger partial charge is 0.130 e. The van der Waals surface area contributed by atoms with Crippen molar-refractivity contribution >= 4 is 11.6 Å². The maximum Gasteiger partial charge on any atom is 0.130 e. The van der Waals surface area contributed by atoms with Gasteiger partial charge in [-0.3, -0.25) is 0 Å². The number of nitriles is 1. The summed E-state index contributed by atoms with van der Waals surface area (Å²) in [5.41, 5.74) is 2.54. The molecular weight excluding hydrogens is 246 g/mol. The fraction of sp³-hybridized carbons (Fsp3) is 0.133. The molecular formula is C15H12ClNO. The first-order chi connectivity index (χ1) is 8.60. The Hall–Kier alpha value is -1.98. The minimum absolute atomic E-state index is 0.662. The first kappa shape index (κ1) is 12.5. The molecule has 2 aromatic carbocycles. The molecule has 3 heteroatoms. The van der Waals surface area contributed by atoms with E-state index in [9.17, 15) is 0 Å². The van der Waals surface area contributed by atoms with Crippen LogP contribution in [0.3, 0.4) is 0 Å². The Morgan fingerprint density at radius 3 is 2.44 bits per heavy atom. The quantitative estimate of drug-likeness (QED) is 0.786. The molecule has 0 aliphatic carbocycles. The first-order valence-electron chi connectivity index (χ1n) is 5.55. The maximum atomic E-state index is 8.87. The highest BCUT2D eigenvalue weighted by Gasteiger charge is 2.04. The van der Waals surface area contributed by atoms with Gasteiger partial charge in [-0.05, 0) is 61.4 Å². The van der Waals surface area contributed by atoms with E-state index in [1.165, 1.54) is 0 Å². The van der Waals surface area contributed by atoms with E-state index in [1.807, 2.05) is 32.0 Å². The van der Waals surface area contributed by atoms with Crippen molar-refractivity contribution in [3.8, 4) is 17.6 Å². The van der Waals surface area contributed by atoms with Crippen LogP contribution in [-0.4, -0.2) is 0 Å². The maximum absolute atomic E-state index is 8.87. The summed E-state index contributed by atoms with van der Waals surface area (Å²) in [6.07, 6.45) is 0. The molecule has 0 saturated heterocycles. The SMILES string of the molecule is Cc1cc(Oc2ccc(Cl)cc2C)ccc1C#N.